The van der Waals surface area contributed by atoms with Gasteiger partial charge in [-0.3, -0.25) is 0 Å². The Balaban J connectivity index is 1.92. The standard InChI is InChI=1S/C13H18N2O2/c1-9-7-11(13(16)17)8-12(15-9)14-6-5-10-3-2-4-10/h7-8,10H,2-6H2,1H3,(H,14,15)(H,16,17). The number of carbonyl (C=O) groups is 1. The van der Waals surface area contributed by atoms with Crippen LogP contribution in [-0.2, 0) is 0 Å². The number of aromatic nitrogens is 1. The topological polar surface area (TPSA) is 62.2 Å². The van der Waals surface area contributed by atoms with Gasteiger partial charge >= 0.3 is 5.97 Å². The predicted octanol–water partition coefficient (Wildman–Crippen LogP) is 2.69. The summed E-state index contributed by atoms with van der Waals surface area (Å²) in [5.41, 5.74) is 1.03. The van der Waals surface area contributed by atoms with Gasteiger partial charge in [-0.05, 0) is 31.4 Å². The van der Waals surface area contributed by atoms with E-state index >= 15 is 0 Å². The number of carboxylic acids is 1. The third kappa shape index (κ3) is 3.19. The summed E-state index contributed by atoms with van der Waals surface area (Å²) in [5, 5.41) is 12.1. The van der Waals surface area contributed by atoms with Gasteiger partial charge in [-0.15, -0.1) is 0 Å². The smallest absolute Gasteiger partial charge is 0.335 e. The fourth-order valence-corrected chi connectivity index (χ4v) is 2.07. The van der Waals surface area contributed by atoms with Gasteiger partial charge in [-0.1, -0.05) is 19.3 Å². The zero-order valence-corrected chi connectivity index (χ0v) is 10.1. The van der Waals surface area contributed by atoms with Crippen LogP contribution in [0.2, 0.25) is 0 Å². The Morgan fingerprint density at radius 3 is 2.88 bits per heavy atom. The first-order valence-electron chi connectivity index (χ1n) is 6.11. The molecule has 0 aromatic carbocycles. The Labute approximate surface area is 101 Å². The second kappa shape index (κ2) is 5.17. The van der Waals surface area contributed by atoms with Crippen LogP contribution in [0.25, 0.3) is 0 Å². The summed E-state index contributed by atoms with van der Waals surface area (Å²) in [5.74, 6) is 0.616. The van der Waals surface area contributed by atoms with E-state index in [0.29, 0.717) is 11.4 Å². The van der Waals surface area contributed by atoms with Gasteiger partial charge in [-0.25, -0.2) is 9.78 Å². The zero-order valence-electron chi connectivity index (χ0n) is 10.1. The number of rotatable bonds is 5. The van der Waals surface area contributed by atoms with Crippen LogP contribution >= 0.6 is 0 Å². The molecule has 92 valence electrons. The summed E-state index contributed by atoms with van der Waals surface area (Å²) in [6, 6.07) is 3.18. The molecule has 0 bridgehead atoms. The van der Waals surface area contributed by atoms with Gasteiger partial charge in [0.1, 0.15) is 5.82 Å². The molecule has 0 spiro atoms. The van der Waals surface area contributed by atoms with E-state index < -0.39 is 5.97 Å². The molecule has 1 heterocycles. The molecule has 17 heavy (non-hydrogen) atoms. The van der Waals surface area contributed by atoms with Crippen LogP contribution in [0.5, 0.6) is 0 Å². The number of nitrogens with one attached hydrogen (secondary N) is 1. The lowest BCUT2D eigenvalue weighted by Gasteiger charge is -2.25. The highest BCUT2D eigenvalue weighted by Crippen LogP contribution is 2.29. The van der Waals surface area contributed by atoms with Crippen molar-refractivity contribution in [3.8, 4) is 0 Å². The first-order chi connectivity index (χ1) is 8.15. The van der Waals surface area contributed by atoms with Crippen molar-refractivity contribution in [1.29, 1.82) is 0 Å². The summed E-state index contributed by atoms with van der Waals surface area (Å²) in [6.45, 7) is 2.68. The van der Waals surface area contributed by atoms with Crippen LogP contribution in [0.15, 0.2) is 12.1 Å². The fourth-order valence-electron chi connectivity index (χ4n) is 2.07. The molecule has 1 aromatic heterocycles. The predicted molar refractivity (Wildman–Crippen MR) is 66.4 cm³/mol. The van der Waals surface area contributed by atoms with Crippen molar-refractivity contribution in [2.75, 3.05) is 11.9 Å². The van der Waals surface area contributed by atoms with Crippen molar-refractivity contribution >= 4 is 11.8 Å². The molecular weight excluding hydrogens is 216 g/mol. The molecule has 1 aromatic rings. The third-order valence-corrected chi connectivity index (χ3v) is 3.28. The summed E-state index contributed by atoms with van der Waals surface area (Å²) in [6.07, 6.45) is 5.18. The Bertz CT molecular complexity index is 414. The summed E-state index contributed by atoms with van der Waals surface area (Å²) in [4.78, 5) is 15.2. The maximum absolute atomic E-state index is 10.9. The van der Waals surface area contributed by atoms with Crippen molar-refractivity contribution in [3.05, 3.63) is 23.4 Å². The molecule has 2 N–H and O–H groups in total. The molecule has 1 aliphatic carbocycles. The number of hydrogen-bond donors (Lipinski definition) is 2. The van der Waals surface area contributed by atoms with Crippen LogP contribution < -0.4 is 5.32 Å². The van der Waals surface area contributed by atoms with Gasteiger partial charge in [0.05, 0.1) is 5.56 Å². The van der Waals surface area contributed by atoms with Crippen LogP contribution in [-0.4, -0.2) is 22.6 Å². The molecule has 1 fully saturated rings. The molecule has 0 atom stereocenters. The highest BCUT2D eigenvalue weighted by Gasteiger charge is 2.16. The minimum absolute atomic E-state index is 0.295. The van der Waals surface area contributed by atoms with Crippen LogP contribution in [0.3, 0.4) is 0 Å². The Kier molecular flexibility index (Phi) is 3.61. The zero-order chi connectivity index (χ0) is 12.3. The Morgan fingerprint density at radius 2 is 2.29 bits per heavy atom. The number of anilines is 1. The highest BCUT2D eigenvalue weighted by atomic mass is 16.4. The number of carboxylic acid groups (broad SMARTS) is 1. The second-order valence-electron chi connectivity index (χ2n) is 4.70. The average molecular weight is 234 g/mol. The van der Waals surface area contributed by atoms with Crippen molar-refractivity contribution in [2.45, 2.75) is 32.6 Å². The second-order valence-corrected chi connectivity index (χ2v) is 4.70. The van der Waals surface area contributed by atoms with Gasteiger partial charge in [0.25, 0.3) is 0 Å². The van der Waals surface area contributed by atoms with Gasteiger partial charge < -0.3 is 10.4 Å². The van der Waals surface area contributed by atoms with Gasteiger partial charge in [0.2, 0.25) is 0 Å². The molecule has 4 heteroatoms. The number of hydrogen-bond acceptors (Lipinski definition) is 3. The molecular formula is C13H18N2O2. The quantitative estimate of drug-likeness (QED) is 0.822. The largest absolute Gasteiger partial charge is 0.478 e. The van der Waals surface area contributed by atoms with Crippen molar-refractivity contribution in [1.82, 2.24) is 4.98 Å². The fraction of sp³-hybridized carbons (Fsp3) is 0.538. The molecule has 0 aliphatic heterocycles. The normalized spacial score (nSPS) is 15.4. The van der Waals surface area contributed by atoms with Crippen LogP contribution in [0, 0.1) is 12.8 Å². The summed E-state index contributed by atoms with van der Waals surface area (Å²) < 4.78 is 0. The van der Waals surface area contributed by atoms with E-state index in [9.17, 15) is 4.79 Å². The SMILES string of the molecule is Cc1cc(C(=O)O)cc(NCCC2CCC2)n1. The van der Waals surface area contributed by atoms with Crippen LogP contribution in [0.1, 0.15) is 41.7 Å². The number of nitrogens with zero attached hydrogens (tertiary/aromatic N) is 1. The van der Waals surface area contributed by atoms with E-state index in [-0.39, 0.29) is 0 Å². The molecule has 0 unspecified atom stereocenters. The molecule has 0 saturated heterocycles. The van der Waals surface area contributed by atoms with E-state index in [2.05, 4.69) is 10.3 Å². The maximum Gasteiger partial charge on any atom is 0.335 e. The first kappa shape index (κ1) is 11.9. The molecule has 0 amide bonds. The van der Waals surface area contributed by atoms with Gasteiger partial charge in [0, 0.05) is 12.2 Å². The van der Waals surface area contributed by atoms with Crippen molar-refractivity contribution in [3.63, 3.8) is 0 Å². The van der Waals surface area contributed by atoms with E-state index in [1.54, 1.807) is 12.1 Å². The van der Waals surface area contributed by atoms with Crippen molar-refractivity contribution in [2.24, 2.45) is 5.92 Å². The minimum atomic E-state index is -0.905. The number of pyridine rings is 1. The minimum Gasteiger partial charge on any atom is -0.478 e. The molecule has 1 aliphatic rings. The lowest BCUT2D eigenvalue weighted by molar-refractivity contribution is 0.0696. The van der Waals surface area contributed by atoms with E-state index in [1.807, 2.05) is 6.92 Å². The van der Waals surface area contributed by atoms with E-state index in [1.165, 1.54) is 19.3 Å². The van der Waals surface area contributed by atoms with E-state index in [4.69, 9.17) is 5.11 Å². The third-order valence-electron chi connectivity index (χ3n) is 3.28. The molecule has 0 radical (unpaired) electrons. The van der Waals surface area contributed by atoms with E-state index in [0.717, 1.165) is 24.6 Å². The first-order valence-corrected chi connectivity index (χ1v) is 6.11. The molecule has 4 nitrogen and oxygen atoms in total. The number of aromatic carboxylic acids is 1. The highest BCUT2D eigenvalue weighted by molar-refractivity contribution is 5.88. The lowest BCUT2D eigenvalue weighted by Crippen LogP contribution is -2.16. The van der Waals surface area contributed by atoms with Crippen molar-refractivity contribution < 1.29 is 9.90 Å². The maximum atomic E-state index is 10.9. The molecule has 2 rings (SSSR count). The Hall–Kier alpha value is -1.58. The Morgan fingerprint density at radius 1 is 1.53 bits per heavy atom. The lowest BCUT2D eigenvalue weighted by atomic mass is 9.83. The number of aryl methyl sites for hydroxylation is 1. The van der Waals surface area contributed by atoms with Gasteiger partial charge in [0.15, 0.2) is 0 Å². The summed E-state index contributed by atoms with van der Waals surface area (Å²) >= 11 is 0. The summed E-state index contributed by atoms with van der Waals surface area (Å²) in [7, 11) is 0. The monoisotopic (exact) mass is 234 g/mol. The molecule has 1 saturated carbocycles. The average Bonchev–Trinajstić information content (AvgIpc) is 2.21. The van der Waals surface area contributed by atoms with Gasteiger partial charge in [-0.2, -0.15) is 0 Å². The van der Waals surface area contributed by atoms with Crippen LogP contribution in [0.4, 0.5) is 5.82 Å².